The largest absolute Gasteiger partial charge is 0.235 e. The zero-order chi connectivity index (χ0) is 10.7. The van der Waals surface area contributed by atoms with E-state index in [2.05, 4.69) is 47.6 Å². The minimum atomic E-state index is 0.469. The molecule has 0 aliphatic heterocycles. The summed E-state index contributed by atoms with van der Waals surface area (Å²) in [6.45, 7) is 4.25. The molecule has 0 N–H and O–H groups in total. The van der Waals surface area contributed by atoms with E-state index in [9.17, 15) is 0 Å². The third kappa shape index (κ3) is 2.83. The van der Waals surface area contributed by atoms with Gasteiger partial charge in [-0.3, -0.25) is 0 Å². The Bertz CT molecular complexity index is 422. The molecular formula is C12H13NS2. The van der Waals surface area contributed by atoms with Gasteiger partial charge in [0.2, 0.25) is 0 Å². The van der Waals surface area contributed by atoms with Crippen molar-refractivity contribution in [2.75, 3.05) is 0 Å². The molecular weight excluding hydrogens is 222 g/mol. The van der Waals surface area contributed by atoms with E-state index < -0.39 is 0 Å². The van der Waals surface area contributed by atoms with Crippen LogP contribution in [0.1, 0.15) is 23.4 Å². The highest BCUT2D eigenvalue weighted by atomic mass is 32.2. The van der Waals surface area contributed by atoms with Crippen molar-refractivity contribution in [2.45, 2.75) is 23.4 Å². The molecule has 2 rings (SSSR count). The number of hydrogen-bond acceptors (Lipinski definition) is 3. The highest BCUT2D eigenvalue weighted by Gasteiger charge is 2.08. The van der Waals surface area contributed by atoms with Crippen molar-refractivity contribution < 1.29 is 0 Å². The van der Waals surface area contributed by atoms with E-state index in [1.54, 1.807) is 11.3 Å². The van der Waals surface area contributed by atoms with Crippen molar-refractivity contribution in [3.8, 4) is 0 Å². The minimum Gasteiger partial charge on any atom is -0.235 e. The van der Waals surface area contributed by atoms with Crippen LogP contribution in [0.15, 0.2) is 40.1 Å². The van der Waals surface area contributed by atoms with Crippen LogP contribution in [0.5, 0.6) is 0 Å². The Kier molecular flexibility index (Phi) is 3.44. The van der Waals surface area contributed by atoms with Crippen molar-refractivity contribution in [3.63, 3.8) is 0 Å². The van der Waals surface area contributed by atoms with Crippen molar-refractivity contribution in [1.82, 2.24) is 4.98 Å². The van der Waals surface area contributed by atoms with E-state index in [0.717, 1.165) is 10.0 Å². The second-order valence-corrected chi connectivity index (χ2v) is 5.87. The van der Waals surface area contributed by atoms with Crippen LogP contribution in [0, 0.1) is 6.92 Å². The van der Waals surface area contributed by atoms with E-state index in [4.69, 9.17) is 0 Å². The van der Waals surface area contributed by atoms with Gasteiger partial charge in [0, 0.05) is 16.3 Å². The van der Waals surface area contributed by atoms with Gasteiger partial charge in [0.1, 0.15) is 0 Å². The molecule has 15 heavy (non-hydrogen) atoms. The van der Waals surface area contributed by atoms with Gasteiger partial charge in [0.05, 0.1) is 0 Å². The van der Waals surface area contributed by atoms with Crippen LogP contribution >= 0.6 is 23.1 Å². The number of hydrogen-bond donors (Lipinski definition) is 0. The average molecular weight is 235 g/mol. The Balaban J connectivity index is 2.07. The summed E-state index contributed by atoms with van der Waals surface area (Å²) >= 11 is 3.55. The lowest BCUT2D eigenvalue weighted by Gasteiger charge is -2.08. The minimum absolute atomic E-state index is 0.469. The molecule has 1 aromatic heterocycles. The summed E-state index contributed by atoms with van der Waals surface area (Å²) in [7, 11) is 0. The molecule has 0 aliphatic rings. The molecule has 0 amide bonds. The quantitative estimate of drug-likeness (QED) is 0.735. The van der Waals surface area contributed by atoms with E-state index in [1.807, 2.05) is 18.7 Å². The Hall–Kier alpha value is -0.800. The molecule has 0 saturated carbocycles. The Morgan fingerprint density at radius 1 is 1.27 bits per heavy atom. The van der Waals surface area contributed by atoms with Crippen LogP contribution in [0.2, 0.25) is 0 Å². The van der Waals surface area contributed by atoms with Crippen molar-refractivity contribution in [1.29, 1.82) is 0 Å². The predicted octanol–water partition coefficient (Wildman–Crippen LogP) is 4.30. The Morgan fingerprint density at radius 2 is 2.00 bits per heavy atom. The SMILES string of the molecule is Cc1csc(SC(C)c2ccccc2)n1. The van der Waals surface area contributed by atoms with E-state index in [1.165, 1.54) is 5.56 Å². The first kappa shape index (κ1) is 10.7. The predicted molar refractivity (Wildman–Crippen MR) is 67.6 cm³/mol. The Labute approximate surface area is 98.6 Å². The molecule has 1 nitrogen and oxygen atoms in total. The summed E-state index contributed by atoms with van der Waals surface area (Å²) in [5.74, 6) is 0. The first-order valence-corrected chi connectivity index (χ1v) is 6.65. The summed E-state index contributed by atoms with van der Waals surface area (Å²) in [6, 6.07) is 10.5. The van der Waals surface area contributed by atoms with Gasteiger partial charge in [-0.15, -0.1) is 11.3 Å². The van der Waals surface area contributed by atoms with Crippen molar-refractivity contribution >= 4 is 23.1 Å². The number of benzene rings is 1. The monoisotopic (exact) mass is 235 g/mol. The number of thioether (sulfide) groups is 1. The molecule has 1 atom stereocenters. The summed E-state index contributed by atoms with van der Waals surface area (Å²) in [4.78, 5) is 4.46. The first-order chi connectivity index (χ1) is 7.25. The van der Waals surface area contributed by atoms with Gasteiger partial charge in [-0.1, -0.05) is 42.1 Å². The normalized spacial score (nSPS) is 12.7. The number of thiazole rings is 1. The molecule has 78 valence electrons. The lowest BCUT2D eigenvalue weighted by molar-refractivity contribution is 1.08. The standard InChI is InChI=1S/C12H13NS2/c1-9-8-14-12(13-9)15-10(2)11-6-4-3-5-7-11/h3-8,10H,1-2H3. The topological polar surface area (TPSA) is 12.9 Å². The fourth-order valence-corrected chi connectivity index (χ4v) is 3.44. The van der Waals surface area contributed by atoms with E-state index in [0.29, 0.717) is 5.25 Å². The van der Waals surface area contributed by atoms with Crippen LogP contribution in [-0.2, 0) is 0 Å². The molecule has 2 aromatic rings. The maximum atomic E-state index is 4.46. The number of aromatic nitrogens is 1. The number of aryl methyl sites for hydroxylation is 1. The van der Waals surface area contributed by atoms with Crippen LogP contribution in [0.3, 0.4) is 0 Å². The lowest BCUT2D eigenvalue weighted by atomic mass is 10.2. The fraction of sp³-hybridized carbons (Fsp3) is 0.250. The van der Waals surface area contributed by atoms with Gasteiger partial charge in [-0.2, -0.15) is 0 Å². The lowest BCUT2D eigenvalue weighted by Crippen LogP contribution is -1.86. The maximum Gasteiger partial charge on any atom is 0.150 e. The summed E-state index contributed by atoms with van der Waals surface area (Å²) < 4.78 is 1.16. The zero-order valence-electron chi connectivity index (χ0n) is 8.81. The van der Waals surface area contributed by atoms with Crippen LogP contribution in [-0.4, -0.2) is 4.98 Å². The van der Waals surface area contributed by atoms with Crippen LogP contribution in [0.25, 0.3) is 0 Å². The Morgan fingerprint density at radius 3 is 2.60 bits per heavy atom. The molecule has 1 aromatic carbocycles. The fourth-order valence-electron chi connectivity index (χ4n) is 1.33. The van der Waals surface area contributed by atoms with Crippen LogP contribution in [0.4, 0.5) is 0 Å². The van der Waals surface area contributed by atoms with Gasteiger partial charge in [0.25, 0.3) is 0 Å². The second-order valence-electron chi connectivity index (χ2n) is 3.43. The smallest absolute Gasteiger partial charge is 0.150 e. The van der Waals surface area contributed by atoms with E-state index >= 15 is 0 Å². The molecule has 0 spiro atoms. The third-order valence-corrected chi connectivity index (χ3v) is 4.39. The number of rotatable bonds is 3. The maximum absolute atomic E-state index is 4.46. The molecule has 0 radical (unpaired) electrons. The number of nitrogens with zero attached hydrogens (tertiary/aromatic N) is 1. The molecule has 0 fully saturated rings. The van der Waals surface area contributed by atoms with Gasteiger partial charge >= 0.3 is 0 Å². The first-order valence-electron chi connectivity index (χ1n) is 4.89. The molecule has 0 bridgehead atoms. The van der Waals surface area contributed by atoms with Crippen molar-refractivity contribution in [2.24, 2.45) is 0 Å². The van der Waals surface area contributed by atoms with Gasteiger partial charge in [-0.05, 0) is 19.4 Å². The average Bonchev–Trinajstić information content (AvgIpc) is 2.65. The summed E-state index contributed by atoms with van der Waals surface area (Å²) in [5, 5.41) is 2.57. The van der Waals surface area contributed by atoms with Crippen molar-refractivity contribution in [3.05, 3.63) is 47.0 Å². The molecule has 1 unspecified atom stereocenters. The molecule has 3 heteroatoms. The summed E-state index contributed by atoms with van der Waals surface area (Å²) in [5.41, 5.74) is 2.47. The van der Waals surface area contributed by atoms with E-state index in [-0.39, 0.29) is 0 Å². The zero-order valence-corrected chi connectivity index (χ0v) is 10.4. The van der Waals surface area contributed by atoms with Gasteiger partial charge in [-0.25, -0.2) is 4.98 Å². The molecule has 0 aliphatic carbocycles. The summed E-state index contributed by atoms with van der Waals surface area (Å²) in [6.07, 6.45) is 0. The van der Waals surface area contributed by atoms with Gasteiger partial charge in [0.15, 0.2) is 4.34 Å². The van der Waals surface area contributed by atoms with Gasteiger partial charge < -0.3 is 0 Å². The highest BCUT2D eigenvalue weighted by Crippen LogP contribution is 2.35. The molecule has 0 saturated heterocycles. The third-order valence-electron chi connectivity index (χ3n) is 2.14. The molecule has 1 heterocycles. The van der Waals surface area contributed by atoms with Crippen LogP contribution < -0.4 is 0 Å². The highest BCUT2D eigenvalue weighted by molar-refractivity contribution is 8.01. The second kappa shape index (κ2) is 4.81.